The minimum atomic E-state index is -4.13. The van der Waals surface area contributed by atoms with Gasteiger partial charge >= 0.3 is 0 Å². The molecule has 0 fully saturated rings. The molecule has 1 N–H and O–H groups in total. The molecule has 3 aromatic carbocycles. The van der Waals surface area contributed by atoms with E-state index in [1.54, 1.807) is 68.4 Å². The van der Waals surface area contributed by atoms with Crippen LogP contribution in [-0.2, 0) is 26.2 Å². The van der Waals surface area contributed by atoms with Crippen molar-refractivity contribution in [3.05, 3.63) is 94.0 Å². The van der Waals surface area contributed by atoms with E-state index in [0.29, 0.717) is 10.0 Å². The Morgan fingerprint density at radius 2 is 1.61 bits per heavy atom. The van der Waals surface area contributed by atoms with E-state index in [-0.39, 0.29) is 23.0 Å². The van der Waals surface area contributed by atoms with E-state index in [0.717, 1.165) is 15.4 Å². The highest BCUT2D eigenvalue weighted by molar-refractivity contribution is 7.92. The summed E-state index contributed by atoms with van der Waals surface area (Å²) >= 11 is 12.3. The molecule has 3 rings (SSSR count). The number of halogens is 2. The van der Waals surface area contributed by atoms with Crippen molar-refractivity contribution in [2.75, 3.05) is 17.9 Å². The van der Waals surface area contributed by atoms with Crippen molar-refractivity contribution in [2.24, 2.45) is 0 Å². The Balaban J connectivity index is 2.04. The van der Waals surface area contributed by atoms with Gasteiger partial charge in [-0.2, -0.15) is 0 Å². The zero-order chi connectivity index (χ0) is 26.5. The van der Waals surface area contributed by atoms with Gasteiger partial charge in [-0.3, -0.25) is 13.9 Å². The summed E-state index contributed by atoms with van der Waals surface area (Å²) in [5.41, 5.74) is 1.74. The zero-order valence-corrected chi connectivity index (χ0v) is 22.4. The summed E-state index contributed by atoms with van der Waals surface area (Å²) in [5.74, 6) is -0.939. The molecule has 0 aliphatic rings. The van der Waals surface area contributed by atoms with E-state index in [9.17, 15) is 18.0 Å². The SMILES string of the molecule is CNC(=O)C(C)N(Cc1ccc(Cl)cc1)C(=O)CN(c1ccc(C)c(Cl)c1)S(=O)(=O)c1ccccc1. The lowest BCUT2D eigenvalue weighted by Gasteiger charge is -2.32. The van der Waals surface area contributed by atoms with Crippen molar-refractivity contribution >= 4 is 50.7 Å². The summed E-state index contributed by atoms with van der Waals surface area (Å²) in [7, 11) is -2.66. The number of rotatable bonds is 9. The minimum absolute atomic E-state index is 0.0260. The number of anilines is 1. The Kier molecular flexibility index (Phi) is 9.00. The van der Waals surface area contributed by atoms with Crippen LogP contribution in [0.2, 0.25) is 10.0 Å². The van der Waals surface area contributed by atoms with Gasteiger partial charge in [0.2, 0.25) is 11.8 Å². The summed E-state index contributed by atoms with van der Waals surface area (Å²) in [5, 5.41) is 3.45. The van der Waals surface area contributed by atoms with Crippen molar-refractivity contribution in [3.8, 4) is 0 Å². The standard InChI is InChI=1S/C26H27Cl2N3O4S/c1-18-9-14-22(15-24(18)28)31(36(34,35)23-7-5-4-6-8-23)17-25(32)30(19(2)26(33)29-3)16-20-10-12-21(27)13-11-20/h4-15,19H,16-17H2,1-3H3,(H,29,33). The topological polar surface area (TPSA) is 86.8 Å². The van der Waals surface area contributed by atoms with Crippen molar-refractivity contribution < 1.29 is 18.0 Å². The normalized spacial score (nSPS) is 12.0. The number of nitrogens with zero attached hydrogens (tertiary/aromatic N) is 2. The molecule has 0 aliphatic heterocycles. The minimum Gasteiger partial charge on any atom is -0.357 e. The van der Waals surface area contributed by atoms with E-state index in [4.69, 9.17) is 23.2 Å². The summed E-state index contributed by atoms with van der Waals surface area (Å²) in [6, 6.07) is 18.6. The molecule has 7 nitrogen and oxygen atoms in total. The van der Waals surface area contributed by atoms with Crippen LogP contribution in [0, 0.1) is 6.92 Å². The molecule has 0 aromatic heterocycles. The van der Waals surface area contributed by atoms with E-state index in [2.05, 4.69) is 5.32 Å². The lowest BCUT2D eigenvalue weighted by atomic mass is 10.1. The third-order valence-corrected chi connectivity index (χ3v) is 8.18. The summed E-state index contributed by atoms with van der Waals surface area (Å²) in [4.78, 5) is 27.5. The fraction of sp³-hybridized carbons (Fsp3) is 0.231. The average Bonchev–Trinajstić information content (AvgIpc) is 2.88. The Morgan fingerprint density at radius 3 is 2.19 bits per heavy atom. The highest BCUT2D eigenvalue weighted by Crippen LogP contribution is 2.28. The number of amides is 2. The molecule has 3 aromatic rings. The molecule has 2 amide bonds. The predicted molar refractivity (Wildman–Crippen MR) is 143 cm³/mol. The van der Waals surface area contributed by atoms with Crippen LogP contribution in [0.1, 0.15) is 18.1 Å². The van der Waals surface area contributed by atoms with Gasteiger partial charge in [-0.25, -0.2) is 8.42 Å². The quantitative estimate of drug-likeness (QED) is 0.422. The molecule has 0 aliphatic carbocycles. The maximum atomic E-state index is 13.7. The van der Waals surface area contributed by atoms with Crippen LogP contribution in [-0.4, -0.2) is 44.8 Å². The number of carbonyl (C=O) groups excluding carboxylic acids is 2. The molecule has 1 unspecified atom stereocenters. The molecule has 0 bridgehead atoms. The second kappa shape index (κ2) is 11.8. The Morgan fingerprint density at radius 1 is 0.972 bits per heavy atom. The Hall–Kier alpha value is -3.07. The molecule has 0 spiro atoms. The molecular weight excluding hydrogens is 521 g/mol. The number of carbonyl (C=O) groups is 2. The fourth-order valence-corrected chi connectivity index (χ4v) is 5.29. The van der Waals surface area contributed by atoms with Gasteiger partial charge in [0.1, 0.15) is 12.6 Å². The van der Waals surface area contributed by atoms with Crippen LogP contribution in [0.4, 0.5) is 5.69 Å². The Labute approximate surface area is 221 Å². The van der Waals surface area contributed by atoms with Crippen molar-refractivity contribution in [2.45, 2.75) is 31.3 Å². The predicted octanol–water partition coefficient (Wildman–Crippen LogP) is 4.66. The molecule has 1 atom stereocenters. The highest BCUT2D eigenvalue weighted by Gasteiger charge is 2.32. The molecule has 0 saturated carbocycles. The first-order valence-corrected chi connectivity index (χ1v) is 13.3. The van der Waals surface area contributed by atoms with Crippen molar-refractivity contribution in [1.29, 1.82) is 0 Å². The van der Waals surface area contributed by atoms with Gasteiger partial charge in [0.25, 0.3) is 10.0 Å². The van der Waals surface area contributed by atoms with Gasteiger partial charge in [0.05, 0.1) is 10.6 Å². The van der Waals surface area contributed by atoms with E-state index in [1.165, 1.54) is 30.1 Å². The van der Waals surface area contributed by atoms with Crippen LogP contribution in [0.15, 0.2) is 77.7 Å². The van der Waals surface area contributed by atoms with Gasteiger partial charge in [-0.05, 0) is 61.4 Å². The van der Waals surface area contributed by atoms with Crippen LogP contribution < -0.4 is 9.62 Å². The van der Waals surface area contributed by atoms with Gasteiger partial charge in [0.15, 0.2) is 0 Å². The van der Waals surface area contributed by atoms with Gasteiger partial charge in [-0.1, -0.05) is 59.6 Å². The van der Waals surface area contributed by atoms with Crippen LogP contribution >= 0.6 is 23.2 Å². The number of hydrogen-bond donors (Lipinski definition) is 1. The average molecular weight is 548 g/mol. The molecule has 0 heterocycles. The number of sulfonamides is 1. The fourth-order valence-electron chi connectivity index (χ4n) is 3.56. The van der Waals surface area contributed by atoms with Crippen LogP contribution in [0.25, 0.3) is 0 Å². The van der Waals surface area contributed by atoms with E-state index in [1.807, 2.05) is 0 Å². The van der Waals surface area contributed by atoms with E-state index >= 15 is 0 Å². The maximum absolute atomic E-state index is 13.7. The number of nitrogens with one attached hydrogen (secondary N) is 1. The first kappa shape index (κ1) is 27.5. The first-order valence-electron chi connectivity index (χ1n) is 11.1. The third-order valence-electron chi connectivity index (χ3n) is 5.73. The number of benzene rings is 3. The second-order valence-corrected chi connectivity index (χ2v) is 10.9. The maximum Gasteiger partial charge on any atom is 0.264 e. The summed E-state index contributed by atoms with van der Waals surface area (Å²) in [6.45, 7) is 2.93. The van der Waals surface area contributed by atoms with Crippen LogP contribution in [0.3, 0.4) is 0 Å². The molecule has 190 valence electrons. The van der Waals surface area contributed by atoms with Gasteiger partial charge < -0.3 is 10.2 Å². The highest BCUT2D eigenvalue weighted by atomic mass is 35.5. The van der Waals surface area contributed by atoms with Crippen LogP contribution in [0.5, 0.6) is 0 Å². The van der Waals surface area contributed by atoms with Crippen molar-refractivity contribution in [1.82, 2.24) is 10.2 Å². The Bertz CT molecular complexity index is 1330. The summed E-state index contributed by atoms with van der Waals surface area (Å²) in [6.07, 6.45) is 0. The van der Waals surface area contributed by atoms with Crippen molar-refractivity contribution in [3.63, 3.8) is 0 Å². The lowest BCUT2D eigenvalue weighted by molar-refractivity contribution is -0.139. The molecule has 0 radical (unpaired) electrons. The number of hydrogen-bond acceptors (Lipinski definition) is 4. The number of likely N-dealkylation sites (N-methyl/N-ethyl adjacent to an activating group) is 1. The smallest absolute Gasteiger partial charge is 0.264 e. The molecular formula is C26H27Cl2N3O4S. The molecule has 36 heavy (non-hydrogen) atoms. The summed E-state index contributed by atoms with van der Waals surface area (Å²) < 4.78 is 28.3. The lowest BCUT2D eigenvalue weighted by Crippen LogP contribution is -2.50. The zero-order valence-electron chi connectivity index (χ0n) is 20.1. The van der Waals surface area contributed by atoms with Gasteiger partial charge in [-0.15, -0.1) is 0 Å². The van der Waals surface area contributed by atoms with Gasteiger partial charge in [0, 0.05) is 23.6 Å². The largest absolute Gasteiger partial charge is 0.357 e. The third kappa shape index (κ3) is 6.37. The molecule has 0 saturated heterocycles. The van der Waals surface area contributed by atoms with E-state index < -0.39 is 28.5 Å². The number of aryl methyl sites for hydroxylation is 1. The monoisotopic (exact) mass is 547 g/mol. The second-order valence-electron chi connectivity index (χ2n) is 8.20. The molecule has 10 heteroatoms. The first-order chi connectivity index (χ1) is 17.0.